The van der Waals surface area contributed by atoms with E-state index in [0.29, 0.717) is 6.61 Å². The number of nitrogens with zero attached hydrogens (tertiary/aromatic N) is 1. The van der Waals surface area contributed by atoms with E-state index < -0.39 is 0 Å². The van der Waals surface area contributed by atoms with Crippen molar-refractivity contribution in [1.82, 2.24) is 4.90 Å². The molecule has 1 heterocycles. The zero-order valence-electron chi connectivity index (χ0n) is 11.9. The molecule has 4 nitrogen and oxygen atoms in total. The standard InChI is InChI=1S/C17H19NO3/c19-16-10-11-17(20)18(16)14-8-4-5-9-15(14)21-12-13-6-2-1-3-7-13/h1-3,6-7,10-11,14-15H,4-5,8-9,12H2/t14-,15-/m0/s1. The number of hydrogen-bond acceptors (Lipinski definition) is 3. The molecule has 2 amide bonds. The van der Waals surface area contributed by atoms with E-state index in [1.54, 1.807) is 0 Å². The van der Waals surface area contributed by atoms with Crippen molar-refractivity contribution in [3.8, 4) is 0 Å². The lowest BCUT2D eigenvalue weighted by Crippen LogP contribution is -2.49. The SMILES string of the molecule is O=C1C=CC(=O)N1[C@H]1CCCC[C@@H]1OCc1ccccc1. The Kier molecular flexibility index (Phi) is 4.15. The molecule has 1 aliphatic carbocycles. The molecule has 0 unspecified atom stereocenters. The molecule has 0 spiro atoms. The summed E-state index contributed by atoms with van der Waals surface area (Å²) in [6.45, 7) is 0.520. The number of benzene rings is 1. The lowest BCUT2D eigenvalue weighted by Gasteiger charge is -2.36. The highest BCUT2D eigenvalue weighted by atomic mass is 16.5. The predicted molar refractivity (Wildman–Crippen MR) is 78.3 cm³/mol. The Hall–Kier alpha value is -1.94. The van der Waals surface area contributed by atoms with Crippen LogP contribution in [0.4, 0.5) is 0 Å². The van der Waals surface area contributed by atoms with Crippen molar-refractivity contribution in [1.29, 1.82) is 0 Å². The van der Waals surface area contributed by atoms with E-state index in [0.717, 1.165) is 31.2 Å². The van der Waals surface area contributed by atoms with Gasteiger partial charge in [0.1, 0.15) is 0 Å². The molecule has 1 aliphatic heterocycles. The fourth-order valence-electron chi connectivity index (χ4n) is 3.08. The smallest absolute Gasteiger partial charge is 0.253 e. The molecule has 0 bridgehead atoms. The summed E-state index contributed by atoms with van der Waals surface area (Å²) in [5, 5.41) is 0. The highest BCUT2D eigenvalue weighted by Gasteiger charge is 2.38. The molecule has 1 aromatic carbocycles. The maximum Gasteiger partial charge on any atom is 0.253 e. The van der Waals surface area contributed by atoms with Crippen LogP contribution in [0.1, 0.15) is 31.2 Å². The van der Waals surface area contributed by atoms with Crippen LogP contribution in [0.15, 0.2) is 42.5 Å². The predicted octanol–water partition coefficient (Wildman–Crippen LogP) is 2.44. The summed E-state index contributed by atoms with van der Waals surface area (Å²) in [6, 6.07) is 9.85. The van der Waals surface area contributed by atoms with E-state index >= 15 is 0 Å². The largest absolute Gasteiger partial charge is 0.371 e. The molecule has 1 saturated carbocycles. The zero-order chi connectivity index (χ0) is 14.7. The molecule has 0 saturated heterocycles. The van der Waals surface area contributed by atoms with Crippen LogP contribution in [0.3, 0.4) is 0 Å². The maximum atomic E-state index is 11.9. The summed E-state index contributed by atoms with van der Waals surface area (Å²) >= 11 is 0. The van der Waals surface area contributed by atoms with E-state index in [-0.39, 0.29) is 24.0 Å². The van der Waals surface area contributed by atoms with Crippen LogP contribution in [-0.2, 0) is 20.9 Å². The van der Waals surface area contributed by atoms with Crippen molar-refractivity contribution in [3.63, 3.8) is 0 Å². The fraction of sp³-hybridized carbons (Fsp3) is 0.412. The van der Waals surface area contributed by atoms with Gasteiger partial charge in [0.2, 0.25) is 0 Å². The average Bonchev–Trinajstić information content (AvgIpc) is 2.85. The maximum absolute atomic E-state index is 11.9. The molecule has 1 aromatic rings. The van der Waals surface area contributed by atoms with E-state index in [9.17, 15) is 9.59 Å². The molecule has 2 atom stereocenters. The van der Waals surface area contributed by atoms with Crippen molar-refractivity contribution in [2.24, 2.45) is 0 Å². The van der Waals surface area contributed by atoms with Crippen molar-refractivity contribution >= 4 is 11.8 Å². The molecule has 110 valence electrons. The first-order chi connectivity index (χ1) is 10.3. The Morgan fingerprint density at radius 1 is 1.00 bits per heavy atom. The van der Waals surface area contributed by atoms with Crippen LogP contribution in [0.2, 0.25) is 0 Å². The number of amides is 2. The topological polar surface area (TPSA) is 46.6 Å². The van der Waals surface area contributed by atoms with Gasteiger partial charge in [-0.25, -0.2) is 0 Å². The van der Waals surface area contributed by atoms with Crippen LogP contribution in [0.25, 0.3) is 0 Å². The number of carbonyl (C=O) groups excluding carboxylic acids is 2. The van der Waals surface area contributed by atoms with Crippen molar-refractivity contribution in [2.75, 3.05) is 0 Å². The van der Waals surface area contributed by atoms with Gasteiger partial charge in [0.05, 0.1) is 18.8 Å². The van der Waals surface area contributed by atoms with Crippen LogP contribution in [0, 0.1) is 0 Å². The third-order valence-corrected chi connectivity index (χ3v) is 4.15. The molecule has 4 heteroatoms. The summed E-state index contributed by atoms with van der Waals surface area (Å²) in [5.41, 5.74) is 1.11. The zero-order valence-corrected chi connectivity index (χ0v) is 11.9. The van der Waals surface area contributed by atoms with Crippen molar-refractivity contribution in [3.05, 3.63) is 48.0 Å². The first kappa shape index (κ1) is 14.0. The van der Waals surface area contributed by atoms with Crippen LogP contribution in [0.5, 0.6) is 0 Å². The van der Waals surface area contributed by atoms with E-state index in [2.05, 4.69) is 0 Å². The minimum absolute atomic E-state index is 0.0632. The van der Waals surface area contributed by atoms with E-state index in [1.807, 2.05) is 30.3 Å². The number of ether oxygens (including phenoxy) is 1. The van der Waals surface area contributed by atoms with Gasteiger partial charge >= 0.3 is 0 Å². The molecule has 1 fully saturated rings. The fourth-order valence-corrected chi connectivity index (χ4v) is 3.08. The second kappa shape index (κ2) is 6.22. The summed E-state index contributed by atoms with van der Waals surface area (Å²) in [4.78, 5) is 25.1. The molecule has 2 aliphatic rings. The van der Waals surface area contributed by atoms with Gasteiger partial charge < -0.3 is 4.74 Å². The second-order valence-corrected chi connectivity index (χ2v) is 5.57. The lowest BCUT2D eigenvalue weighted by molar-refractivity contribution is -0.145. The molecule has 0 aromatic heterocycles. The van der Waals surface area contributed by atoms with Gasteiger partial charge in [-0.2, -0.15) is 0 Å². The third kappa shape index (κ3) is 3.05. The monoisotopic (exact) mass is 285 g/mol. The summed E-state index contributed by atoms with van der Waals surface area (Å²) in [5.74, 6) is -0.416. The summed E-state index contributed by atoms with van der Waals surface area (Å²) in [6.07, 6.45) is 6.49. The van der Waals surface area contributed by atoms with Gasteiger partial charge in [-0.15, -0.1) is 0 Å². The molecule has 21 heavy (non-hydrogen) atoms. The Balaban J connectivity index is 1.67. The van der Waals surface area contributed by atoms with Gasteiger partial charge in [0, 0.05) is 12.2 Å². The van der Waals surface area contributed by atoms with Crippen molar-refractivity contribution < 1.29 is 14.3 Å². The number of hydrogen-bond donors (Lipinski definition) is 0. The first-order valence-electron chi connectivity index (χ1n) is 7.46. The molecule has 3 rings (SSSR count). The van der Waals surface area contributed by atoms with Crippen LogP contribution in [-0.4, -0.2) is 28.9 Å². The normalized spacial score (nSPS) is 25.6. The Morgan fingerprint density at radius 2 is 1.67 bits per heavy atom. The minimum Gasteiger partial charge on any atom is -0.371 e. The second-order valence-electron chi connectivity index (χ2n) is 5.57. The number of imide groups is 1. The molecule has 0 radical (unpaired) electrons. The van der Waals surface area contributed by atoms with Gasteiger partial charge in [0.25, 0.3) is 11.8 Å². The molecular weight excluding hydrogens is 266 g/mol. The molecular formula is C17H19NO3. The Labute approximate surface area is 124 Å². The highest BCUT2D eigenvalue weighted by Crippen LogP contribution is 2.28. The number of rotatable bonds is 4. The summed E-state index contributed by atoms with van der Waals surface area (Å²) in [7, 11) is 0. The Bertz CT molecular complexity index is 534. The highest BCUT2D eigenvalue weighted by molar-refractivity contribution is 6.13. The van der Waals surface area contributed by atoms with Crippen molar-refractivity contribution in [2.45, 2.75) is 44.4 Å². The quantitative estimate of drug-likeness (QED) is 0.798. The Morgan fingerprint density at radius 3 is 2.38 bits per heavy atom. The van der Waals surface area contributed by atoms with Gasteiger partial charge in [-0.3, -0.25) is 14.5 Å². The van der Waals surface area contributed by atoms with E-state index in [1.165, 1.54) is 17.1 Å². The minimum atomic E-state index is -0.208. The lowest BCUT2D eigenvalue weighted by atomic mass is 9.91. The van der Waals surface area contributed by atoms with Gasteiger partial charge in [0.15, 0.2) is 0 Å². The average molecular weight is 285 g/mol. The van der Waals surface area contributed by atoms with Crippen LogP contribution >= 0.6 is 0 Å². The first-order valence-corrected chi connectivity index (χ1v) is 7.46. The number of carbonyl (C=O) groups is 2. The third-order valence-electron chi connectivity index (χ3n) is 4.15. The van der Waals surface area contributed by atoms with Crippen LogP contribution < -0.4 is 0 Å². The van der Waals surface area contributed by atoms with Gasteiger partial charge in [-0.1, -0.05) is 43.2 Å². The molecule has 0 N–H and O–H groups in total. The summed E-state index contributed by atoms with van der Waals surface area (Å²) < 4.78 is 6.02. The van der Waals surface area contributed by atoms with Gasteiger partial charge in [-0.05, 0) is 18.4 Å². The van der Waals surface area contributed by atoms with E-state index in [4.69, 9.17) is 4.74 Å².